The number of nitrogens with one attached hydrogen (secondary N) is 1. The lowest BCUT2D eigenvalue weighted by Crippen LogP contribution is -2.41. The van der Waals surface area contributed by atoms with Crippen molar-refractivity contribution in [1.82, 2.24) is 5.32 Å². The van der Waals surface area contributed by atoms with Crippen molar-refractivity contribution in [3.63, 3.8) is 0 Å². The van der Waals surface area contributed by atoms with E-state index in [-0.39, 0.29) is 4.90 Å². The minimum Gasteiger partial charge on any atom is -0.497 e. The molecule has 0 aromatic heterocycles. The number of nitrogens with zero attached hydrogens (tertiary/aromatic N) is 1. The number of thioether (sulfide) groups is 1. The monoisotopic (exact) mass is 544 g/mol. The Morgan fingerprint density at radius 2 is 1.62 bits per heavy atom. The number of anilines is 1. The summed E-state index contributed by atoms with van der Waals surface area (Å²) in [5.74, 6) is 1.33. The molecule has 8 nitrogen and oxygen atoms in total. The highest BCUT2D eigenvalue weighted by atomic mass is 32.2. The molecule has 3 aromatic carbocycles. The van der Waals surface area contributed by atoms with Crippen molar-refractivity contribution in [2.24, 2.45) is 0 Å². The normalized spacial score (nSPS) is 11.9. The molecule has 0 heterocycles. The SMILES string of the molecule is CCOc1ccc(N(CC(=O)NC(C)c2cc(OC)ccc2OC)S(=O)(=O)c2ccc(SC)cc2)cc1. The highest BCUT2D eigenvalue weighted by Gasteiger charge is 2.28. The first kappa shape index (κ1) is 28.2. The number of carbonyl (C=O) groups excluding carboxylic acids is 1. The molecule has 1 N–H and O–H groups in total. The van der Waals surface area contributed by atoms with E-state index in [9.17, 15) is 13.2 Å². The molecule has 10 heteroatoms. The summed E-state index contributed by atoms with van der Waals surface area (Å²) in [5, 5.41) is 2.89. The number of rotatable bonds is 12. The Hall–Kier alpha value is -3.37. The van der Waals surface area contributed by atoms with Crippen molar-refractivity contribution in [2.75, 3.05) is 37.9 Å². The van der Waals surface area contributed by atoms with Crippen LogP contribution in [0.5, 0.6) is 17.2 Å². The maximum atomic E-state index is 13.7. The van der Waals surface area contributed by atoms with E-state index in [0.717, 1.165) is 9.20 Å². The van der Waals surface area contributed by atoms with Gasteiger partial charge in [-0.2, -0.15) is 0 Å². The van der Waals surface area contributed by atoms with Gasteiger partial charge in [-0.3, -0.25) is 9.10 Å². The lowest BCUT2D eigenvalue weighted by atomic mass is 10.1. The van der Waals surface area contributed by atoms with Crippen LogP contribution in [0.15, 0.2) is 76.5 Å². The Bertz CT molecular complexity index is 1300. The van der Waals surface area contributed by atoms with Crippen LogP contribution in [0.4, 0.5) is 5.69 Å². The van der Waals surface area contributed by atoms with E-state index in [4.69, 9.17) is 14.2 Å². The zero-order chi connectivity index (χ0) is 27.0. The molecule has 1 amide bonds. The van der Waals surface area contributed by atoms with Crippen molar-refractivity contribution in [3.8, 4) is 17.2 Å². The highest BCUT2D eigenvalue weighted by molar-refractivity contribution is 7.98. The molecule has 1 unspecified atom stereocenters. The van der Waals surface area contributed by atoms with Crippen LogP contribution in [0.3, 0.4) is 0 Å². The van der Waals surface area contributed by atoms with E-state index in [1.54, 1.807) is 87.9 Å². The number of hydrogen-bond donors (Lipinski definition) is 1. The average Bonchev–Trinajstić information content (AvgIpc) is 2.92. The number of sulfonamides is 1. The first-order valence-corrected chi connectivity index (χ1v) is 14.3. The summed E-state index contributed by atoms with van der Waals surface area (Å²) in [6.07, 6.45) is 1.92. The minimum absolute atomic E-state index is 0.0921. The van der Waals surface area contributed by atoms with Crippen molar-refractivity contribution in [2.45, 2.75) is 29.7 Å². The molecule has 0 radical (unpaired) electrons. The maximum absolute atomic E-state index is 13.7. The Labute approximate surface area is 223 Å². The number of amides is 1. The summed E-state index contributed by atoms with van der Waals surface area (Å²) in [6, 6.07) is 18.0. The van der Waals surface area contributed by atoms with E-state index in [2.05, 4.69) is 5.32 Å². The van der Waals surface area contributed by atoms with Crippen LogP contribution in [-0.4, -0.2) is 48.0 Å². The van der Waals surface area contributed by atoms with Crippen LogP contribution in [0.2, 0.25) is 0 Å². The molecule has 0 saturated carbocycles. The third-order valence-corrected chi connectivity index (χ3v) is 8.18. The Morgan fingerprint density at radius 1 is 0.973 bits per heavy atom. The molecule has 1 atom stereocenters. The Morgan fingerprint density at radius 3 is 2.19 bits per heavy atom. The van der Waals surface area contributed by atoms with Gasteiger partial charge in [0.25, 0.3) is 10.0 Å². The summed E-state index contributed by atoms with van der Waals surface area (Å²) in [4.78, 5) is 14.2. The van der Waals surface area contributed by atoms with E-state index in [1.807, 2.05) is 13.2 Å². The van der Waals surface area contributed by atoms with Gasteiger partial charge in [0.1, 0.15) is 23.8 Å². The maximum Gasteiger partial charge on any atom is 0.264 e. The van der Waals surface area contributed by atoms with Crippen LogP contribution in [0, 0.1) is 0 Å². The van der Waals surface area contributed by atoms with Gasteiger partial charge in [-0.25, -0.2) is 8.42 Å². The largest absolute Gasteiger partial charge is 0.497 e. The summed E-state index contributed by atoms with van der Waals surface area (Å²) < 4.78 is 44.7. The Balaban J connectivity index is 1.91. The number of methoxy groups -OCH3 is 2. The molecule has 0 bridgehead atoms. The summed E-state index contributed by atoms with van der Waals surface area (Å²) >= 11 is 1.51. The van der Waals surface area contributed by atoms with E-state index < -0.39 is 28.5 Å². The number of carbonyl (C=O) groups is 1. The second kappa shape index (κ2) is 12.7. The first-order chi connectivity index (χ1) is 17.7. The smallest absolute Gasteiger partial charge is 0.264 e. The number of hydrogen-bond acceptors (Lipinski definition) is 7. The van der Waals surface area contributed by atoms with Crippen LogP contribution in [0.25, 0.3) is 0 Å². The van der Waals surface area contributed by atoms with Crippen molar-refractivity contribution < 1.29 is 27.4 Å². The van der Waals surface area contributed by atoms with Gasteiger partial charge in [0.15, 0.2) is 0 Å². The fourth-order valence-electron chi connectivity index (χ4n) is 3.74. The standard InChI is InChI=1S/C27H32N2O6S2/c1-6-35-21-9-7-20(8-10-21)29(37(31,32)24-14-12-23(36-5)13-15-24)18-27(30)28-19(2)25-17-22(33-3)11-16-26(25)34-4/h7-17,19H,6,18H2,1-5H3,(H,28,30). The van der Waals surface area contributed by atoms with Crippen LogP contribution in [0.1, 0.15) is 25.5 Å². The second-order valence-corrected chi connectivity index (χ2v) is 10.8. The quantitative estimate of drug-likeness (QED) is 0.324. The second-order valence-electron chi connectivity index (χ2n) is 8.01. The minimum atomic E-state index is -4.05. The van der Waals surface area contributed by atoms with Gasteiger partial charge in [-0.05, 0) is 86.8 Å². The molecule has 0 spiro atoms. The topological polar surface area (TPSA) is 94.2 Å². The third kappa shape index (κ3) is 6.90. The number of benzene rings is 3. The zero-order valence-corrected chi connectivity index (χ0v) is 23.2. The summed E-state index contributed by atoms with van der Waals surface area (Å²) in [7, 11) is -0.946. The lowest BCUT2D eigenvalue weighted by molar-refractivity contribution is -0.120. The zero-order valence-electron chi connectivity index (χ0n) is 21.6. The van der Waals surface area contributed by atoms with Crippen molar-refractivity contribution in [3.05, 3.63) is 72.3 Å². The molecule has 0 aliphatic heterocycles. The van der Waals surface area contributed by atoms with Crippen LogP contribution >= 0.6 is 11.8 Å². The number of ether oxygens (including phenoxy) is 3. The van der Waals surface area contributed by atoms with Gasteiger partial charge >= 0.3 is 0 Å². The molecule has 0 fully saturated rings. The van der Waals surface area contributed by atoms with Crippen molar-refractivity contribution in [1.29, 1.82) is 0 Å². The van der Waals surface area contributed by atoms with Crippen LogP contribution in [-0.2, 0) is 14.8 Å². The molecule has 0 aliphatic rings. The van der Waals surface area contributed by atoms with Gasteiger partial charge in [-0.1, -0.05) is 0 Å². The predicted molar refractivity (Wildman–Crippen MR) is 146 cm³/mol. The average molecular weight is 545 g/mol. The van der Waals surface area contributed by atoms with E-state index in [0.29, 0.717) is 35.1 Å². The van der Waals surface area contributed by atoms with Gasteiger partial charge in [0, 0.05) is 10.5 Å². The fraction of sp³-hybridized carbons (Fsp3) is 0.296. The van der Waals surface area contributed by atoms with Gasteiger partial charge in [0.05, 0.1) is 37.5 Å². The molecule has 0 saturated heterocycles. The first-order valence-electron chi connectivity index (χ1n) is 11.6. The molecule has 198 valence electrons. The summed E-state index contributed by atoms with van der Waals surface area (Å²) in [5.41, 5.74) is 1.05. The molecule has 3 aromatic rings. The summed E-state index contributed by atoms with van der Waals surface area (Å²) in [6.45, 7) is 3.73. The molecule has 37 heavy (non-hydrogen) atoms. The van der Waals surface area contributed by atoms with Gasteiger partial charge < -0.3 is 19.5 Å². The lowest BCUT2D eigenvalue weighted by Gasteiger charge is -2.26. The Kier molecular flexibility index (Phi) is 9.71. The van der Waals surface area contributed by atoms with Gasteiger partial charge in [-0.15, -0.1) is 11.8 Å². The predicted octanol–water partition coefficient (Wildman–Crippen LogP) is 4.90. The fourth-order valence-corrected chi connectivity index (χ4v) is 5.57. The van der Waals surface area contributed by atoms with Crippen LogP contribution < -0.4 is 23.8 Å². The molecular formula is C27H32N2O6S2. The van der Waals surface area contributed by atoms with E-state index >= 15 is 0 Å². The van der Waals surface area contributed by atoms with Gasteiger partial charge in [0.2, 0.25) is 5.91 Å². The highest BCUT2D eigenvalue weighted by Crippen LogP contribution is 2.30. The van der Waals surface area contributed by atoms with E-state index in [1.165, 1.54) is 11.8 Å². The molecule has 0 aliphatic carbocycles. The molecule has 3 rings (SSSR count). The van der Waals surface area contributed by atoms with Crippen molar-refractivity contribution >= 4 is 33.4 Å². The third-order valence-electron chi connectivity index (χ3n) is 5.65. The molecular weight excluding hydrogens is 512 g/mol.